The van der Waals surface area contributed by atoms with Crippen molar-refractivity contribution in [2.45, 2.75) is 19.4 Å². The van der Waals surface area contributed by atoms with E-state index in [9.17, 15) is 12.8 Å². The van der Waals surface area contributed by atoms with Crippen molar-refractivity contribution >= 4 is 33.0 Å². The van der Waals surface area contributed by atoms with Crippen molar-refractivity contribution in [2.24, 2.45) is 10.3 Å². The van der Waals surface area contributed by atoms with Gasteiger partial charge in [0, 0.05) is 11.8 Å². The predicted molar refractivity (Wildman–Crippen MR) is 105 cm³/mol. The third-order valence-corrected chi connectivity index (χ3v) is 5.92. The van der Waals surface area contributed by atoms with Gasteiger partial charge in [-0.05, 0) is 24.6 Å². The third kappa shape index (κ3) is 4.33. The number of aromatic nitrogens is 1. The van der Waals surface area contributed by atoms with Gasteiger partial charge in [0.2, 0.25) is 10.0 Å². The maximum atomic E-state index is 14.5. The van der Waals surface area contributed by atoms with Crippen LogP contribution in [0.5, 0.6) is 5.75 Å². The van der Waals surface area contributed by atoms with Crippen molar-refractivity contribution in [2.75, 3.05) is 29.1 Å². The van der Waals surface area contributed by atoms with Gasteiger partial charge in [-0.3, -0.25) is 9.71 Å². The molecule has 1 atom stereocenters. The van der Waals surface area contributed by atoms with E-state index in [2.05, 4.69) is 20.0 Å². The lowest BCUT2D eigenvalue weighted by molar-refractivity contribution is 0.412. The number of nitrogens with one attached hydrogen (secondary N) is 1. The Morgan fingerprint density at radius 1 is 1.39 bits per heavy atom. The molecule has 2 heterocycles. The van der Waals surface area contributed by atoms with Crippen molar-refractivity contribution < 1.29 is 17.5 Å². The summed E-state index contributed by atoms with van der Waals surface area (Å²) >= 11 is 6.30. The van der Waals surface area contributed by atoms with Crippen LogP contribution in [0.3, 0.4) is 0 Å². The molecule has 1 unspecified atom stereocenters. The maximum Gasteiger partial charge on any atom is 0.232 e. The summed E-state index contributed by atoms with van der Waals surface area (Å²) in [5, 5.41) is 9.37. The summed E-state index contributed by atoms with van der Waals surface area (Å²) in [4.78, 5) is 4.08. The number of nitrogens with zero attached hydrogens (tertiary/aromatic N) is 4. The van der Waals surface area contributed by atoms with E-state index in [1.54, 1.807) is 25.4 Å². The molecule has 2 aromatic rings. The molecule has 0 saturated heterocycles. The minimum absolute atomic E-state index is 0.0412. The summed E-state index contributed by atoms with van der Waals surface area (Å²) in [5.74, 6) is -0.126. The van der Waals surface area contributed by atoms with Gasteiger partial charge in [0.05, 0.1) is 36.3 Å². The molecule has 8 nitrogen and oxygen atoms in total. The molecule has 1 aliphatic heterocycles. The van der Waals surface area contributed by atoms with E-state index in [0.717, 1.165) is 11.6 Å². The number of anilines is 2. The van der Waals surface area contributed by atoms with Crippen LogP contribution in [0, 0.1) is 5.82 Å². The molecule has 1 aromatic heterocycles. The van der Waals surface area contributed by atoms with Crippen LogP contribution >= 0.6 is 11.6 Å². The van der Waals surface area contributed by atoms with Crippen molar-refractivity contribution in [3.8, 4) is 5.75 Å². The Labute approximate surface area is 167 Å². The van der Waals surface area contributed by atoms with Crippen LogP contribution in [-0.4, -0.2) is 32.8 Å². The Kier molecular flexibility index (Phi) is 5.99. The van der Waals surface area contributed by atoms with Gasteiger partial charge >= 0.3 is 0 Å². The first-order valence-corrected chi connectivity index (χ1v) is 10.5. The van der Waals surface area contributed by atoms with Gasteiger partial charge in [0.25, 0.3) is 0 Å². The van der Waals surface area contributed by atoms with Gasteiger partial charge in [-0.25, -0.2) is 17.8 Å². The van der Waals surface area contributed by atoms with E-state index in [0.29, 0.717) is 12.2 Å². The van der Waals surface area contributed by atoms with Crippen molar-refractivity contribution in [3.63, 3.8) is 0 Å². The summed E-state index contributed by atoms with van der Waals surface area (Å²) in [6, 6.07) is 3.80. The van der Waals surface area contributed by atoms with Gasteiger partial charge in [0.1, 0.15) is 23.3 Å². The molecular weight excluding hydrogens is 409 g/mol. The van der Waals surface area contributed by atoms with Crippen LogP contribution in [-0.2, 0) is 10.0 Å². The average molecular weight is 428 g/mol. The van der Waals surface area contributed by atoms with E-state index in [4.69, 9.17) is 16.3 Å². The van der Waals surface area contributed by atoms with Crippen molar-refractivity contribution in [1.82, 2.24) is 4.98 Å². The molecule has 1 aliphatic rings. The normalized spacial score (nSPS) is 16.4. The van der Waals surface area contributed by atoms with Crippen LogP contribution < -0.4 is 14.5 Å². The van der Waals surface area contributed by atoms with Crippen LogP contribution in [0.15, 0.2) is 40.9 Å². The highest BCUT2D eigenvalue weighted by atomic mass is 35.5. The number of ether oxygens (including phenoxy) is 1. The number of halogens is 2. The highest BCUT2D eigenvalue weighted by molar-refractivity contribution is 7.92. The van der Waals surface area contributed by atoms with Crippen molar-refractivity contribution in [1.29, 1.82) is 0 Å². The Morgan fingerprint density at radius 3 is 2.89 bits per heavy atom. The quantitative estimate of drug-likeness (QED) is 0.721. The van der Waals surface area contributed by atoms with Crippen LogP contribution in [0.4, 0.5) is 15.8 Å². The minimum Gasteiger partial charge on any atom is -0.495 e. The summed E-state index contributed by atoms with van der Waals surface area (Å²) < 4.78 is 46.1. The molecule has 0 spiro atoms. The second kappa shape index (κ2) is 8.27. The lowest BCUT2D eigenvalue weighted by Gasteiger charge is -2.19. The second-order valence-electron chi connectivity index (χ2n) is 6.14. The first-order valence-electron chi connectivity index (χ1n) is 8.50. The molecule has 11 heteroatoms. The van der Waals surface area contributed by atoms with E-state index < -0.39 is 21.9 Å². The van der Waals surface area contributed by atoms with Crippen molar-refractivity contribution in [3.05, 3.63) is 47.0 Å². The Hall–Kier alpha value is -2.46. The Balaban J connectivity index is 1.86. The van der Waals surface area contributed by atoms with E-state index >= 15 is 0 Å². The SMILES string of the molecule is CCCS(=O)(=O)Nc1ccc(F)c(N2CC(c3cncc(OC)c3)N=N2)c1Cl. The van der Waals surface area contributed by atoms with Gasteiger partial charge in [0.15, 0.2) is 0 Å². The number of hydrogen-bond acceptors (Lipinski definition) is 7. The number of sulfonamides is 1. The molecule has 1 aromatic carbocycles. The summed E-state index contributed by atoms with van der Waals surface area (Å²) in [5.41, 5.74) is 0.801. The maximum absolute atomic E-state index is 14.5. The van der Waals surface area contributed by atoms with Crippen LogP contribution in [0.1, 0.15) is 24.9 Å². The molecule has 0 aliphatic carbocycles. The van der Waals surface area contributed by atoms with Gasteiger partial charge in [-0.15, -0.1) is 0 Å². The third-order valence-electron chi connectivity index (χ3n) is 4.06. The Morgan fingerprint density at radius 2 is 2.18 bits per heavy atom. The highest BCUT2D eigenvalue weighted by Crippen LogP contribution is 2.39. The van der Waals surface area contributed by atoms with Crippen LogP contribution in [0.2, 0.25) is 5.02 Å². The summed E-state index contributed by atoms with van der Waals surface area (Å²) in [6.07, 6.45) is 3.64. The number of hydrogen-bond donors (Lipinski definition) is 1. The predicted octanol–water partition coefficient (Wildman–Crippen LogP) is 3.96. The monoisotopic (exact) mass is 427 g/mol. The largest absolute Gasteiger partial charge is 0.495 e. The van der Waals surface area contributed by atoms with E-state index in [-0.39, 0.29) is 28.7 Å². The zero-order valence-electron chi connectivity index (χ0n) is 15.3. The van der Waals surface area contributed by atoms with Gasteiger partial charge in [-0.1, -0.05) is 23.7 Å². The average Bonchev–Trinajstić information content (AvgIpc) is 3.14. The smallest absolute Gasteiger partial charge is 0.232 e. The molecule has 0 amide bonds. The van der Waals surface area contributed by atoms with E-state index in [1.165, 1.54) is 18.2 Å². The lowest BCUT2D eigenvalue weighted by atomic mass is 10.1. The fourth-order valence-electron chi connectivity index (χ4n) is 2.74. The molecule has 1 N–H and O–H groups in total. The molecule has 0 radical (unpaired) electrons. The standard InChI is InChI=1S/C17H19ClFN5O3S/c1-3-6-28(25,26)22-14-5-4-13(19)17(16(14)18)24-10-15(21-23-24)11-7-12(27-2)9-20-8-11/h4-5,7-9,15,22H,3,6,10H2,1-2H3. The second-order valence-corrected chi connectivity index (χ2v) is 8.36. The van der Waals surface area contributed by atoms with Gasteiger partial charge < -0.3 is 4.74 Å². The molecule has 150 valence electrons. The molecule has 0 saturated carbocycles. The zero-order chi connectivity index (χ0) is 20.3. The number of methoxy groups -OCH3 is 1. The van der Waals surface area contributed by atoms with Gasteiger partial charge in [-0.2, -0.15) is 5.11 Å². The molecular formula is C17H19ClFN5O3S. The summed E-state index contributed by atoms with van der Waals surface area (Å²) in [7, 11) is -2.04. The fourth-order valence-corrected chi connectivity index (χ4v) is 4.24. The first-order chi connectivity index (χ1) is 13.3. The minimum atomic E-state index is -3.57. The number of rotatable bonds is 7. The summed E-state index contributed by atoms with van der Waals surface area (Å²) in [6.45, 7) is 1.96. The lowest BCUT2D eigenvalue weighted by Crippen LogP contribution is -2.20. The number of benzene rings is 1. The fraction of sp³-hybridized carbons (Fsp3) is 0.353. The highest BCUT2D eigenvalue weighted by Gasteiger charge is 2.28. The molecule has 0 fully saturated rings. The molecule has 28 heavy (non-hydrogen) atoms. The topological polar surface area (TPSA) is 96.2 Å². The number of pyridine rings is 1. The Bertz CT molecular complexity index is 1000. The van der Waals surface area contributed by atoms with Crippen LogP contribution in [0.25, 0.3) is 0 Å². The zero-order valence-corrected chi connectivity index (χ0v) is 16.8. The molecule has 3 rings (SSSR count). The van der Waals surface area contributed by atoms with E-state index in [1.807, 2.05) is 0 Å². The first kappa shape index (κ1) is 20.3. The molecule has 0 bridgehead atoms.